The standard InChI is InChI=1S/C17H19O.K/c1-3-17(2,15-12-8-5-9-13-15)16(18)14-10-6-4-7-11-14;/h4-13,16H,3H2,1-2H3;/q-1;+1. The maximum absolute atomic E-state index is 12.8. The minimum Gasteiger partial charge on any atom is -0.848 e. The molecule has 0 aliphatic rings. The molecule has 2 aromatic carbocycles. The van der Waals surface area contributed by atoms with E-state index in [1.807, 2.05) is 48.5 Å². The van der Waals surface area contributed by atoms with E-state index in [0.717, 1.165) is 17.5 Å². The predicted octanol–water partition coefficient (Wildman–Crippen LogP) is 0.460. The van der Waals surface area contributed by atoms with E-state index in [0.29, 0.717) is 0 Å². The maximum Gasteiger partial charge on any atom is 1.00 e. The molecule has 0 saturated carbocycles. The van der Waals surface area contributed by atoms with Crippen molar-refractivity contribution in [2.45, 2.75) is 31.8 Å². The Kier molecular flexibility index (Phi) is 6.95. The van der Waals surface area contributed by atoms with Crippen LogP contribution < -0.4 is 56.5 Å². The molecular weight excluding hydrogens is 259 g/mol. The molecular formula is C17H19KO. The van der Waals surface area contributed by atoms with Crippen LogP contribution in [0.2, 0.25) is 0 Å². The van der Waals surface area contributed by atoms with Crippen LogP contribution in [0.1, 0.15) is 37.5 Å². The molecule has 2 heteroatoms. The minimum absolute atomic E-state index is 0. The number of hydrogen-bond donors (Lipinski definition) is 0. The molecule has 0 spiro atoms. The zero-order chi connectivity index (χ0) is 13.0. The van der Waals surface area contributed by atoms with Crippen molar-refractivity contribution in [2.75, 3.05) is 0 Å². The summed E-state index contributed by atoms with van der Waals surface area (Å²) in [7, 11) is 0. The number of rotatable bonds is 4. The largest absolute Gasteiger partial charge is 1.00 e. The summed E-state index contributed by atoms with van der Waals surface area (Å²) in [5.41, 5.74) is 1.63. The Morgan fingerprint density at radius 1 is 0.947 bits per heavy atom. The van der Waals surface area contributed by atoms with Gasteiger partial charge in [0.15, 0.2) is 0 Å². The Morgan fingerprint density at radius 3 is 1.89 bits per heavy atom. The average Bonchev–Trinajstić information content (AvgIpc) is 2.47. The van der Waals surface area contributed by atoms with E-state index in [4.69, 9.17) is 0 Å². The van der Waals surface area contributed by atoms with Gasteiger partial charge in [-0.05, 0) is 17.4 Å². The zero-order valence-electron chi connectivity index (χ0n) is 12.0. The summed E-state index contributed by atoms with van der Waals surface area (Å²) in [6.45, 7) is 4.15. The summed E-state index contributed by atoms with van der Waals surface area (Å²) in [6, 6.07) is 19.8. The minimum atomic E-state index is -0.730. The first kappa shape index (κ1) is 17.1. The first-order valence-electron chi connectivity index (χ1n) is 6.45. The molecule has 0 heterocycles. The number of hydrogen-bond acceptors (Lipinski definition) is 1. The van der Waals surface area contributed by atoms with Gasteiger partial charge in [0.1, 0.15) is 0 Å². The Labute approximate surface area is 158 Å². The van der Waals surface area contributed by atoms with Gasteiger partial charge in [-0.2, -0.15) is 0 Å². The molecule has 0 fully saturated rings. The van der Waals surface area contributed by atoms with Crippen molar-refractivity contribution in [1.29, 1.82) is 0 Å². The fourth-order valence-electron chi connectivity index (χ4n) is 2.36. The molecule has 2 atom stereocenters. The van der Waals surface area contributed by atoms with E-state index >= 15 is 0 Å². The van der Waals surface area contributed by atoms with Crippen LogP contribution in [0.25, 0.3) is 0 Å². The molecule has 0 bridgehead atoms. The second-order valence-corrected chi connectivity index (χ2v) is 4.93. The van der Waals surface area contributed by atoms with Crippen LogP contribution in [0.4, 0.5) is 0 Å². The smallest absolute Gasteiger partial charge is 0.848 e. The van der Waals surface area contributed by atoms with Crippen molar-refractivity contribution in [3.8, 4) is 0 Å². The molecule has 1 nitrogen and oxygen atoms in total. The quantitative estimate of drug-likeness (QED) is 0.745. The van der Waals surface area contributed by atoms with Gasteiger partial charge in [-0.25, -0.2) is 0 Å². The molecule has 0 N–H and O–H groups in total. The van der Waals surface area contributed by atoms with Gasteiger partial charge in [-0.1, -0.05) is 86.2 Å². The Hall–Kier alpha value is 0.0364. The second-order valence-electron chi connectivity index (χ2n) is 4.93. The zero-order valence-corrected chi connectivity index (χ0v) is 15.1. The third-order valence-electron chi connectivity index (χ3n) is 3.85. The fraction of sp³-hybridized carbons (Fsp3) is 0.294. The first-order valence-corrected chi connectivity index (χ1v) is 6.45. The van der Waals surface area contributed by atoms with Crippen LogP contribution in [-0.4, -0.2) is 0 Å². The SMILES string of the molecule is CCC(C)(c1ccccc1)C([O-])c1ccccc1.[K+]. The van der Waals surface area contributed by atoms with Crippen molar-refractivity contribution in [2.24, 2.45) is 0 Å². The van der Waals surface area contributed by atoms with Gasteiger partial charge in [0.25, 0.3) is 0 Å². The third-order valence-corrected chi connectivity index (χ3v) is 3.85. The maximum atomic E-state index is 12.8. The van der Waals surface area contributed by atoms with Crippen LogP contribution in [0.3, 0.4) is 0 Å². The molecule has 0 aliphatic carbocycles. The van der Waals surface area contributed by atoms with E-state index in [2.05, 4.69) is 26.0 Å². The van der Waals surface area contributed by atoms with Crippen molar-refractivity contribution in [1.82, 2.24) is 0 Å². The van der Waals surface area contributed by atoms with Crippen LogP contribution in [0.5, 0.6) is 0 Å². The summed E-state index contributed by atoms with van der Waals surface area (Å²) >= 11 is 0. The summed E-state index contributed by atoms with van der Waals surface area (Å²) in [4.78, 5) is 0. The van der Waals surface area contributed by atoms with Crippen molar-refractivity contribution < 1.29 is 56.5 Å². The molecule has 94 valence electrons. The molecule has 0 aliphatic heterocycles. The van der Waals surface area contributed by atoms with Gasteiger partial charge < -0.3 is 5.11 Å². The Bertz CT molecular complexity index is 483. The molecule has 2 unspecified atom stereocenters. The van der Waals surface area contributed by atoms with Gasteiger partial charge in [0.05, 0.1) is 0 Å². The van der Waals surface area contributed by atoms with Crippen LogP contribution in [0, 0.1) is 0 Å². The molecule has 0 amide bonds. The van der Waals surface area contributed by atoms with E-state index in [-0.39, 0.29) is 56.8 Å². The monoisotopic (exact) mass is 278 g/mol. The summed E-state index contributed by atoms with van der Waals surface area (Å²) < 4.78 is 0. The predicted molar refractivity (Wildman–Crippen MR) is 73.3 cm³/mol. The van der Waals surface area contributed by atoms with Gasteiger partial charge in [-0.15, -0.1) is 0 Å². The van der Waals surface area contributed by atoms with Crippen LogP contribution in [-0.2, 0) is 5.41 Å². The molecule has 2 rings (SSSR count). The fourth-order valence-corrected chi connectivity index (χ4v) is 2.36. The van der Waals surface area contributed by atoms with Crippen molar-refractivity contribution in [3.63, 3.8) is 0 Å². The third kappa shape index (κ3) is 3.78. The van der Waals surface area contributed by atoms with Crippen molar-refractivity contribution in [3.05, 3.63) is 71.8 Å². The first-order chi connectivity index (χ1) is 8.68. The van der Waals surface area contributed by atoms with E-state index < -0.39 is 6.10 Å². The van der Waals surface area contributed by atoms with Gasteiger partial charge in [0.2, 0.25) is 0 Å². The van der Waals surface area contributed by atoms with E-state index in [1.54, 1.807) is 0 Å². The van der Waals surface area contributed by atoms with Crippen LogP contribution >= 0.6 is 0 Å². The normalized spacial score (nSPS) is 15.1. The summed E-state index contributed by atoms with van der Waals surface area (Å²) in [5, 5.41) is 12.8. The number of benzene rings is 2. The average molecular weight is 278 g/mol. The van der Waals surface area contributed by atoms with Crippen molar-refractivity contribution >= 4 is 0 Å². The second kappa shape index (κ2) is 7.72. The molecule has 2 aromatic rings. The topological polar surface area (TPSA) is 23.1 Å². The van der Waals surface area contributed by atoms with Gasteiger partial charge >= 0.3 is 51.4 Å². The molecule has 0 aromatic heterocycles. The van der Waals surface area contributed by atoms with E-state index in [1.165, 1.54) is 0 Å². The molecule has 19 heavy (non-hydrogen) atoms. The van der Waals surface area contributed by atoms with E-state index in [9.17, 15) is 5.11 Å². The van der Waals surface area contributed by atoms with Crippen LogP contribution in [0.15, 0.2) is 60.7 Å². The molecule has 0 radical (unpaired) electrons. The van der Waals surface area contributed by atoms with Gasteiger partial charge in [0, 0.05) is 0 Å². The summed E-state index contributed by atoms with van der Waals surface area (Å²) in [6.07, 6.45) is 0.103. The molecule has 0 saturated heterocycles. The van der Waals surface area contributed by atoms with Gasteiger partial charge in [-0.3, -0.25) is 0 Å². The Balaban J connectivity index is 0.00000180. The Morgan fingerprint density at radius 2 is 1.42 bits per heavy atom. The summed E-state index contributed by atoms with van der Waals surface area (Å²) in [5.74, 6) is 0.